The summed E-state index contributed by atoms with van der Waals surface area (Å²) in [5, 5.41) is 2.71. The largest absolute Gasteiger partial charge is 0.355 e. The Hall–Kier alpha value is -0.660. The van der Waals surface area contributed by atoms with Crippen molar-refractivity contribution in [3.63, 3.8) is 0 Å². The van der Waals surface area contributed by atoms with Gasteiger partial charge in [-0.25, -0.2) is 8.42 Å². The van der Waals surface area contributed by atoms with Crippen LogP contribution in [0.4, 0.5) is 0 Å². The molecule has 7 heteroatoms. The SMILES string of the molecule is CC(C)CNC(=O)CN(CCN(C)C)S(C)(=O)=O. The van der Waals surface area contributed by atoms with E-state index in [-0.39, 0.29) is 12.5 Å². The van der Waals surface area contributed by atoms with Gasteiger partial charge in [0.1, 0.15) is 0 Å². The maximum atomic E-state index is 11.6. The number of hydrogen-bond acceptors (Lipinski definition) is 4. The van der Waals surface area contributed by atoms with Gasteiger partial charge in [-0.15, -0.1) is 0 Å². The Morgan fingerprint density at radius 2 is 1.78 bits per heavy atom. The van der Waals surface area contributed by atoms with E-state index in [1.807, 2.05) is 32.8 Å². The van der Waals surface area contributed by atoms with Crippen molar-refractivity contribution in [2.75, 3.05) is 46.5 Å². The van der Waals surface area contributed by atoms with Crippen LogP contribution in [0, 0.1) is 5.92 Å². The van der Waals surface area contributed by atoms with E-state index < -0.39 is 10.0 Å². The monoisotopic (exact) mass is 279 g/mol. The van der Waals surface area contributed by atoms with Crippen molar-refractivity contribution in [2.24, 2.45) is 5.92 Å². The maximum absolute atomic E-state index is 11.6. The van der Waals surface area contributed by atoms with Crippen molar-refractivity contribution >= 4 is 15.9 Å². The van der Waals surface area contributed by atoms with Crippen LogP contribution < -0.4 is 5.32 Å². The molecule has 0 saturated heterocycles. The highest BCUT2D eigenvalue weighted by atomic mass is 32.2. The van der Waals surface area contributed by atoms with Crippen molar-refractivity contribution in [1.29, 1.82) is 0 Å². The fourth-order valence-corrected chi connectivity index (χ4v) is 1.97. The second kappa shape index (κ2) is 7.70. The number of rotatable bonds is 8. The number of nitrogens with zero attached hydrogens (tertiary/aromatic N) is 2. The Morgan fingerprint density at radius 3 is 2.17 bits per heavy atom. The highest BCUT2D eigenvalue weighted by Gasteiger charge is 2.19. The van der Waals surface area contributed by atoms with Crippen LogP contribution in [0.2, 0.25) is 0 Å². The molecule has 0 atom stereocenters. The first kappa shape index (κ1) is 17.3. The van der Waals surface area contributed by atoms with Crippen molar-refractivity contribution in [3.05, 3.63) is 0 Å². The summed E-state index contributed by atoms with van der Waals surface area (Å²) in [6.45, 7) is 5.33. The van der Waals surface area contributed by atoms with E-state index in [9.17, 15) is 13.2 Å². The van der Waals surface area contributed by atoms with Crippen LogP contribution in [0.5, 0.6) is 0 Å². The molecule has 0 aromatic heterocycles. The molecule has 18 heavy (non-hydrogen) atoms. The van der Waals surface area contributed by atoms with Crippen LogP contribution in [0.25, 0.3) is 0 Å². The summed E-state index contributed by atoms with van der Waals surface area (Å²) in [6, 6.07) is 0. The normalized spacial score (nSPS) is 12.4. The molecule has 0 spiro atoms. The third-order valence-corrected chi connectivity index (χ3v) is 3.54. The van der Waals surface area contributed by atoms with Gasteiger partial charge in [0.2, 0.25) is 15.9 Å². The minimum Gasteiger partial charge on any atom is -0.355 e. The molecule has 0 rings (SSSR count). The van der Waals surface area contributed by atoms with E-state index >= 15 is 0 Å². The van der Waals surface area contributed by atoms with Crippen molar-refractivity contribution < 1.29 is 13.2 Å². The summed E-state index contributed by atoms with van der Waals surface area (Å²) in [5.74, 6) is 0.0929. The first-order chi connectivity index (χ1) is 8.12. The fourth-order valence-electron chi connectivity index (χ4n) is 1.21. The predicted octanol–water partition coefficient (Wildman–Crippen LogP) is -0.418. The van der Waals surface area contributed by atoms with Gasteiger partial charge in [-0.3, -0.25) is 4.79 Å². The molecule has 1 N–H and O–H groups in total. The summed E-state index contributed by atoms with van der Waals surface area (Å²) in [7, 11) is 0.372. The van der Waals surface area contributed by atoms with E-state index in [4.69, 9.17) is 0 Å². The zero-order valence-corrected chi connectivity index (χ0v) is 12.7. The molecule has 6 nitrogen and oxygen atoms in total. The fraction of sp³-hybridized carbons (Fsp3) is 0.909. The molecule has 0 aliphatic heterocycles. The highest BCUT2D eigenvalue weighted by molar-refractivity contribution is 7.88. The predicted molar refractivity (Wildman–Crippen MR) is 72.8 cm³/mol. The van der Waals surface area contributed by atoms with Gasteiger partial charge in [-0.05, 0) is 20.0 Å². The number of carbonyl (C=O) groups excluding carboxylic acids is 1. The van der Waals surface area contributed by atoms with Crippen LogP contribution in [-0.2, 0) is 14.8 Å². The Labute approximate surface area is 110 Å². The van der Waals surface area contributed by atoms with E-state index in [2.05, 4.69) is 5.32 Å². The second-order valence-corrected chi connectivity index (χ2v) is 7.08. The van der Waals surface area contributed by atoms with Crippen LogP contribution >= 0.6 is 0 Å². The van der Waals surface area contributed by atoms with Gasteiger partial charge in [0.05, 0.1) is 12.8 Å². The van der Waals surface area contributed by atoms with Gasteiger partial charge in [-0.1, -0.05) is 13.8 Å². The lowest BCUT2D eigenvalue weighted by molar-refractivity contribution is -0.121. The van der Waals surface area contributed by atoms with Crippen molar-refractivity contribution in [3.8, 4) is 0 Å². The van der Waals surface area contributed by atoms with Crippen LogP contribution in [-0.4, -0.2) is 70.1 Å². The molecule has 0 aliphatic carbocycles. The highest BCUT2D eigenvalue weighted by Crippen LogP contribution is 1.98. The first-order valence-electron chi connectivity index (χ1n) is 5.99. The third kappa shape index (κ3) is 8.43. The summed E-state index contributed by atoms with van der Waals surface area (Å²) >= 11 is 0. The zero-order valence-electron chi connectivity index (χ0n) is 11.9. The molecule has 0 aromatic rings. The smallest absolute Gasteiger partial charge is 0.235 e. The van der Waals surface area contributed by atoms with Gasteiger partial charge in [0.25, 0.3) is 0 Å². The van der Waals surface area contributed by atoms with Gasteiger partial charge >= 0.3 is 0 Å². The quantitative estimate of drug-likeness (QED) is 0.655. The molecule has 0 fully saturated rings. The van der Waals surface area contributed by atoms with Crippen molar-refractivity contribution in [2.45, 2.75) is 13.8 Å². The van der Waals surface area contributed by atoms with Gasteiger partial charge in [-0.2, -0.15) is 4.31 Å². The summed E-state index contributed by atoms with van der Waals surface area (Å²) < 4.78 is 24.3. The molecule has 0 unspecified atom stereocenters. The van der Waals surface area contributed by atoms with Gasteiger partial charge in [0, 0.05) is 19.6 Å². The number of carbonyl (C=O) groups is 1. The third-order valence-electron chi connectivity index (χ3n) is 2.29. The van der Waals surface area contributed by atoms with Crippen LogP contribution in [0.3, 0.4) is 0 Å². The summed E-state index contributed by atoms with van der Waals surface area (Å²) in [6.07, 6.45) is 1.12. The number of hydrogen-bond donors (Lipinski definition) is 1. The van der Waals surface area contributed by atoms with Crippen LogP contribution in [0.15, 0.2) is 0 Å². The van der Waals surface area contributed by atoms with Crippen LogP contribution in [0.1, 0.15) is 13.8 Å². The molecule has 0 aliphatic rings. The average molecular weight is 279 g/mol. The van der Waals surface area contributed by atoms with E-state index in [1.165, 1.54) is 4.31 Å². The van der Waals surface area contributed by atoms with E-state index in [0.29, 0.717) is 25.6 Å². The Morgan fingerprint density at radius 1 is 1.22 bits per heavy atom. The number of nitrogens with one attached hydrogen (secondary N) is 1. The van der Waals surface area contributed by atoms with E-state index in [1.54, 1.807) is 0 Å². The zero-order chi connectivity index (χ0) is 14.3. The Balaban J connectivity index is 4.37. The lowest BCUT2D eigenvalue weighted by Crippen LogP contribution is -2.43. The molecular formula is C11H25N3O3S. The summed E-state index contributed by atoms with van der Waals surface area (Å²) in [5.41, 5.74) is 0. The minimum absolute atomic E-state index is 0.112. The molecular weight excluding hydrogens is 254 g/mol. The molecule has 1 amide bonds. The number of amides is 1. The topological polar surface area (TPSA) is 69.7 Å². The molecule has 0 radical (unpaired) electrons. The maximum Gasteiger partial charge on any atom is 0.235 e. The molecule has 0 heterocycles. The van der Waals surface area contributed by atoms with Gasteiger partial charge in [0.15, 0.2) is 0 Å². The molecule has 0 bridgehead atoms. The Bertz CT molecular complexity index is 353. The number of sulfonamides is 1. The van der Waals surface area contributed by atoms with Crippen molar-refractivity contribution in [1.82, 2.24) is 14.5 Å². The van der Waals surface area contributed by atoms with Gasteiger partial charge < -0.3 is 10.2 Å². The molecule has 0 aromatic carbocycles. The minimum atomic E-state index is -3.35. The van der Waals surface area contributed by atoms with E-state index in [0.717, 1.165) is 6.26 Å². The second-order valence-electron chi connectivity index (χ2n) is 5.10. The summed E-state index contributed by atoms with van der Waals surface area (Å²) in [4.78, 5) is 13.5. The first-order valence-corrected chi connectivity index (χ1v) is 7.84. The number of likely N-dealkylation sites (N-methyl/N-ethyl adjacent to an activating group) is 1. The molecule has 0 saturated carbocycles. The lowest BCUT2D eigenvalue weighted by atomic mass is 10.2. The standard InChI is InChI=1S/C11H25N3O3S/c1-10(2)8-12-11(15)9-14(18(5,16)17)7-6-13(3)4/h10H,6-9H2,1-5H3,(H,12,15). The molecule has 108 valence electrons. The average Bonchev–Trinajstić information content (AvgIpc) is 2.19. The lowest BCUT2D eigenvalue weighted by Gasteiger charge is -2.21. The Kier molecular flexibility index (Phi) is 7.42.